The Morgan fingerprint density at radius 2 is 1.69 bits per heavy atom. The zero-order valence-corrected chi connectivity index (χ0v) is 20.1. The smallest absolute Gasteiger partial charge is 0.264 e. The summed E-state index contributed by atoms with van der Waals surface area (Å²) < 4.78 is 34.0. The molecule has 0 unspecified atom stereocenters. The van der Waals surface area contributed by atoms with Crippen molar-refractivity contribution >= 4 is 21.6 Å². The molecule has 0 saturated heterocycles. The van der Waals surface area contributed by atoms with Gasteiger partial charge < -0.3 is 10.1 Å². The van der Waals surface area contributed by atoms with E-state index in [0.29, 0.717) is 31.4 Å². The summed E-state index contributed by atoms with van der Waals surface area (Å²) in [4.78, 5) is 12.9. The summed E-state index contributed by atoms with van der Waals surface area (Å²) in [7, 11) is -3.90. The average molecular weight is 459 g/mol. The van der Waals surface area contributed by atoms with Crippen LogP contribution in [0.5, 0.6) is 0 Å². The zero-order chi connectivity index (χ0) is 23.1. The summed E-state index contributed by atoms with van der Waals surface area (Å²) in [5.41, 5.74) is 3.32. The Bertz CT molecular complexity index is 1010. The SMILES string of the molecule is Cc1ccc(S(=O)(=O)N(CC(=O)NCCCOC2CCCC2)c2ccc(C)cc2C)cc1. The molecule has 32 heavy (non-hydrogen) atoms. The molecule has 1 N–H and O–H groups in total. The topological polar surface area (TPSA) is 75.7 Å². The van der Waals surface area contributed by atoms with Crippen LogP contribution in [-0.4, -0.2) is 40.1 Å². The van der Waals surface area contributed by atoms with Gasteiger partial charge in [-0.2, -0.15) is 0 Å². The first-order valence-corrected chi connectivity index (χ1v) is 12.8. The number of ether oxygens (including phenoxy) is 1. The molecule has 0 bridgehead atoms. The Morgan fingerprint density at radius 3 is 2.34 bits per heavy atom. The minimum Gasteiger partial charge on any atom is -0.378 e. The Morgan fingerprint density at radius 1 is 1.03 bits per heavy atom. The summed E-state index contributed by atoms with van der Waals surface area (Å²) in [5, 5.41) is 2.85. The molecule has 0 aromatic heterocycles. The van der Waals surface area contributed by atoms with E-state index in [4.69, 9.17) is 4.74 Å². The highest BCUT2D eigenvalue weighted by molar-refractivity contribution is 7.92. The van der Waals surface area contributed by atoms with Crippen molar-refractivity contribution in [2.24, 2.45) is 0 Å². The Labute approximate surface area is 192 Å². The lowest BCUT2D eigenvalue weighted by Crippen LogP contribution is -2.41. The maximum Gasteiger partial charge on any atom is 0.264 e. The summed E-state index contributed by atoms with van der Waals surface area (Å²) in [6.45, 7) is 6.50. The van der Waals surface area contributed by atoms with Gasteiger partial charge in [0.2, 0.25) is 5.91 Å². The molecule has 0 radical (unpaired) electrons. The van der Waals surface area contributed by atoms with Crippen molar-refractivity contribution in [1.82, 2.24) is 5.32 Å². The molecule has 174 valence electrons. The van der Waals surface area contributed by atoms with Gasteiger partial charge in [0.1, 0.15) is 6.54 Å². The van der Waals surface area contributed by atoms with Gasteiger partial charge in [-0.15, -0.1) is 0 Å². The number of hydrogen-bond acceptors (Lipinski definition) is 4. The number of amides is 1. The molecule has 0 atom stereocenters. The van der Waals surface area contributed by atoms with Crippen molar-refractivity contribution in [1.29, 1.82) is 0 Å². The standard InChI is InChI=1S/C25H34N2O4S/c1-19-9-12-23(13-10-19)32(29,30)27(24-14-11-20(2)17-21(24)3)18-25(28)26-15-6-16-31-22-7-4-5-8-22/h9-14,17,22H,4-8,15-16,18H2,1-3H3,(H,26,28). The number of hydrogen-bond donors (Lipinski definition) is 1. The molecule has 7 heteroatoms. The highest BCUT2D eigenvalue weighted by Gasteiger charge is 2.28. The summed E-state index contributed by atoms with van der Waals surface area (Å²) >= 11 is 0. The minimum atomic E-state index is -3.90. The van der Waals surface area contributed by atoms with Crippen molar-refractivity contribution in [2.75, 3.05) is 24.0 Å². The van der Waals surface area contributed by atoms with Gasteiger partial charge in [-0.1, -0.05) is 48.2 Å². The van der Waals surface area contributed by atoms with Crippen LogP contribution in [-0.2, 0) is 19.6 Å². The monoisotopic (exact) mass is 458 g/mol. The second-order valence-corrected chi connectivity index (χ2v) is 10.5. The van der Waals surface area contributed by atoms with E-state index >= 15 is 0 Å². The van der Waals surface area contributed by atoms with Crippen LogP contribution in [0.1, 0.15) is 48.8 Å². The molecular formula is C25H34N2O4S. The number of anilines is 1. The van der Waals surface area contributed by atoms with Crippen LogP contribution >= 0.6 is 0 Å². The lowest BCUT2D eigenvalue weighted by atomic mass is 10.1. The molecule has 3 rings (SSSR count). The number of carbonyl (C=O) groups excluding carboxylic acids is 1. The molecule has 0 spiro atoms. The van der Waals surface area contributed by atoms with E-state index < -0.39 is 10.0 Å². The van der Waals surface area contributed by atoms with E-state index in [-0.39, 0.29) is 17.3 Å². The molecule has 1 amide bonds. The number of aryl methyl sites for hydroxylation is 3. The van der Waals surface area contributed by atoms with Crippen molar-refractivity contribution < 1.29 is 17.9 Å². The first-order valence-electron chi connectivity index (χ1n) is 11.3. The van der Waals surface area contributed by atoms with Gasteiger partial charge >= 0.3 is 0 Å². The molecule has 1 aliphatic rings. The van der Waals surface area contributed by atoms with E-state index in [9.17, 15) is 13.2 Å². The van der Waals surface area contributed by atoms with Gasteiger partial charge in [0.25, 0.3) is 10.0 Å². The maximum absolute atomic E-state index is 13.5. The fourth-order valence-electron chi connectivity index (χ4n) is 4.01. The predicted octanol–water partition coefficient (Wildman–Crippen LogP) is 4.27. The minimum absolute atomic E-state index is 0.167. The summed E-state index contributed by atoms with van der Waals surface area (Å²) in [6.07, 6.45) is 5.75. The van der Waals surface area contributed by atoms with Crippen LogP contribution < -0.4 is 9.62 Å². The number of nitrogens with one attached hydrogen (secondary N) is 1. The van der Waals surface area contributed by atoms with Crippen molar-refractivity contribution in [3.05, 3.63) is 59.2 Å². The fourth-order valence-corrected chi connectivity index (χ4v) is 5.50. The molecule has 0 aliphatic heterocycles. The third-order valence-electron chi connectivity index (χ3n) is 5.82. The second kappa shape index (κ2) is 11.0. The van der Waals surface area contributed by atoms with Crippen LogP contribution in [0.2, 0.25) is 0 Å². The van der Waals surface area contributed by atoms with Crippen molar-refractivity contribution in [2.45, 2.75) is 63.9 Å². The third-order valence-corrected chi connectivity index (χ3v) is 7.59. The molecule has 2 aromatic carbocycles. The summed E-state index contributed by atoms with van der Waals surface area (Å²) in [5.74, 6) is -0.332. The first-order chi connectivity index (χ1) is 15.3. The van der Waals surface area contributed by atoms with Gasteiger partial charge in [-0.3, -0.25) is 9.10 Å². The summed E-state index contributed by atoms with van der Waals surface area (Å²) in [6, 6.07) is 12.2. The number of benzene rings is 2. The highest BCUT2D eigenvalue weighted by atomic mass is 32.2. The van der Waals surface area contributed by atoms with Gasteiger partial charge in [0, 0.05) is 13.2 Å². The molecule has 2 aromatic rings. The Hall–Kier alpha value is -2.38. The molecule has 6 nitrogen and oxygen atoms in total. The third kappa shape index (κ3) is 6.33. The number of rotatable bonds is 10. The van der Waals surface area contributed by atoms with E-state index in [1.165, 1.54) is 17.1 Å². The van der Waals surface area contributed by atoms with Gasteiger partial charge in [-0.05, 0) is 63.8 Å². The number of carbonyl (C=O) groups is 1. The maximum atomic E-state index is 13.5. The molecule has 1 saturated carbocycles. The van der Waals surface area contributed by atoms with Crippen molar-refractivity contribution in [3.63, 3.8) is 0 Å². The number of nitrogens with zero attached hydrogens (tertiary/aromatic N) is 1. The van der Waals surface area contributed by atoms with Crippen LogP contribution in [0.3, 0.4) is 0 Å². The van der Waals surface area contributed by atoms with Crippen LogP contribution in [0, 0.1) is 20.8 Å². The number of sulfonamides is 1. The zero-order valence-electron chi connectivity index (χ0n) is 19.3. The van der Waals surface area contributed by atoms with E-state index in [2.05, 4.69) is 5.32 Å². The molecule has 1 fully saturated rings. The lowest BCUT2D eigenvalue weighted by molar-refractivity contribution is -0.119. The highest BCUT2D eigenvalue weighted by Crippen LogP contribution is 2.27. The van der Waals surface area contributed by atoms with E-state index in [1.807, 2.05) is 32.9 Å². The van der Waals surface area contributed by atoms with Gasteiger partial charge in [-0.25, -0.2) is 8.42 Å². The van der Waals surface area contributed by atoms with Crippen LogP contribution in [0.4, 0.5) is 5.69 Å². The quantitative estimate of drug-likeness (QED) is 0.540. The van der Waals surface area contributed by atoms with Gasteiger partial charge in [0.05, 0.1) is 16.7 Å². The average Bonchev–Trinajstić information content (AvgIpc) is 3.26. The Kier molecular flexibility index (Phi) is 8.32. The largest absolute Gasteiger partial charge is 0.378 e. The normalized spacial score (nSPS) is 14.5. The predicted molar refractivity (Wildman–Crippen MR) is 127 cm³/mol. The van der Waals surface area contributed by atoms with Crippen LogP contribution in [0.25, 0.3) is 0 Å². The lowest BCUT2D eigenvalue weighted by Gasteiger charge is -2.26. The van der Waals surface area contributed by atoms with Crippen LogP contribution in [0.15, 0.2) is 47.4 Å². The Balaban J connectivity index is 1.69. The second-order valence-electron chi connectivity index (χ2n) is 8.60. The van der Waals surface area contributed by atoms with Gasteiger partial charge in [0.15, 0.2) is 0 Å². The fraction of sp³-hybridized carbons (Fsp3) is 0.480. The first kappa shape index (κ1) is 24.3. The molecular weight excluding hydrogens is 424 g/mol. The van der Waals surface area contributed by atoms with E-state index in [0.717, 1.165) is 29.5 Å². The van der Waals surface area contributed by atoms with E-state index in [1.54, 1.807) is 30.3 Å². The molecule has 0 heterocycles. The molecule has 1 aliphatic carbocycles. The van der Waals surface area contributed by atoms with Crippen molar-refractivity contribution in [3.8, 4) is 0 Å².